The lowest BCUT2D eigenvalue weighted by atomic mass is 9.85. The predicted molar refractivity (Wildman–Crippen MR) is 83.8 cm³/mol. The van der Waals surface area contributed by atoms with Gasteiger partial charge in [0.15, 0.2) is 6.61 Å². The Morgan fingerprint density at radius 3 is 2.48 bits per heavy atom. The van der Waals surface area contributed by atoms with Gasteiger partial charge in [0, 0.05) is 17.6 Å². The summed E-state index contributed by atoms with van der Waals surface area (Å²) >= 11 is 0. The van der Waals surface area contributed by atoms with Crippen LogP contribution in [0.15, 0.2) is 24.3 Å². The summed E-state index contributed by atoms with van der Waals surface area (Å²) in [6, 6.07) is 5.89. The topological polar surface area (TPSA) is 64.4 Å². The number of nitrogens with two attached hydrogens (primary N) is 1. The summed E-state index contributed by atoms with van der Waals surface area (Å²) < 4.78 is 40.7. The van der Waals surface area contributed by atoms with Gasteiger partial charge in [0.2, 0.25) is 5.91 Å². The van der Waals surface area contributed by atoms with Crippen LogP contribution in [0.25, 0.3) is 0 Å². The fraction of sp³-hybridized carbons (Fsp3) is 0.533. The van der Waals surface area contributed by atoms with Crippen molar-refractivity contribution in [3.63, 3.8) is 0 Å². The Balaban J connectivity index is 0.00000264. The fourth-order valence-electron chi connectivity index (χ4n) is 2.51. The van der Waals surface area contributed by atoms with Crippen molar-refractivity contribution in [3.8, 4) is 5.75 Å². The van der Waals surface area contributed by atoms with E-state index in [1.165, 1.54) is 24.3 Å². The lowest BCUT2D eigenvalue weighted by Crippen LogP contribution is -2.34. The Hall–Kier alpha value is -1.47. The van der Waals surface area contributed by atoms with E-state index in [4.69, 9.17) is 5.73 Å². The molecule has 0 spiro atoms. The monoisotopic (exact) mass is 352 g/mol. The minimum Gasteiger partial charge on any atom is -0.484 e. The molecule has 1 saturated carbocycles. The van der Waals surface area contributed by atoms with Crippen molar-refractivity contribution in [1.82, 2.24) is 0 Å². The highest BCUT2D eigenvalue weighted by Crippen LogP contribution is 2.25. The van der Waals surface area contributed by atoms with Gasteiger partial charge in [-0.2, -0.15) is 13.2 Å². The molecule has 0 aromatic heterocycles. The third kappa shape index (κ3) is 6.66. The van der Waals surface area contributed by atoms with E-state index in [2.05, 4.69) is 10.1 Å². The minimum atomic E-state index is -4.37. The molecule has 1 amide bonds. The van der Waals surface area contributed by atoms with Gasteiger partial charge in [-0.15, -0.1) is 12.4 Å². The average molecular weight is 353 g/mol. The fourth-order valence-corrected chi connectivity index (χ4v) is 2.51. The molecular formula is C15H20ClF3N2O2. The summed E-state index contributed by atoms with van der Waals surface area (Å²) in [7, 11) is 0. The van der Waals surface area contributed by atoms with Crippen molar-refractivity contribution in [2.24, 2.45) is 11.7 Å². The van der Waals surface area contributed by atoms with Gasteiger partial charge in [-0.25, -0.2) is 0 Å². The molecule has 8 heteroatoms. The number of anilines is 1. The smallest absolute Gasteiger partial charge is 0.422 e. The van der Waals surface area contributed by atoms with E-state index in [0.29, 0.717) is 12.1 Å². The second kappa shape index (κ2) is 8.40. The van der Waals surface area contributed by atoms with Gasteiger partial charge in [0.25, 0.3) is 0 Å². The maximum Gasteiger partial charge on any atom is 0.422 e. The lowest BCUT2D eigenvalue weighted by Gasteiger charge is -2.25. The molecule has 0 heterocycles. The highest BCUT2D eigenvalue weighted by atomic mass is 35.5. The summed E-state index contributed by atoms with van der Waals surface area (Å²) in [5.74, 6) is -0.0981. The first-order valence-corrected chi connectivity index (χ1v) is 7.19. The summed E-state index contributed by atoms with van der Waals surface area (Å²) in [6.45, 7) is -1.33. The summed E-state index contributed by atoms with van der Waals surface area (Å²) in [4.78, 5) is 12.1. The highest BCUT2D eigenvalue weighted by Gasteiger charge is 2.28. The van der Waals surface area contributed by atoms with Crippen LogP contribution < -0.4 is 15.8 Å². The van der Waals surface area contributed by atoms with Gasteiger partial charge >= 0.3 is 6.18 Å². The number of hydrogen-bond donors (Lipinski definition) is 2. The summed E-state index contributed by atoms with van der Waals surface area (Å²) in [6.07, 6.45) is -1.02. The van der Waals surface area contributed by atoms with Crippen molar-refractivity contribution < 1.29 is 22.7 Å². The van der Waals surface area contributed by atoms with Crippen LogP contribution >= 0.6 is 12.4 Å². The molecule has 4 nitrogen and oxygen atoms in total. The quantitative estimate of drug-likeness (QED) is 0.871. The Kier molecular flexibility index (Phi) is 7.15. The van der Waals surface area contributed by atoms with E-state index in [1.807, 2.05) is 0 Å². The van der Waals surface area contributed by atoms with Crippen LogP contribution in [0.3, 0.4) is 0 Å². The highest BCUT2D eigenvalue weighted by molar-refractivity contribution is 5.92. The first-order valence-electron chi connectivity index (χ1n) is 7.19. The van der Waals surface area contributed by atoms with Gasteiger partial charge < -0.3 is 15.8 Å². The Labute approximate surface area is 139 Å². The molecule has 3 N–H and O–H groups in total. The Bertz CT molecular complexity index is 508. The summed E-state index contributed by atoms with van der Waals surface area (Å²) in [5.41, 5.74) is 6.39. The largest absolute Gasteiger partial charge is 0.484 e. The zero-order chi connectivity index (χ0) is 16.2. The molecule has 0 saturated heterocycles. The molecule has 2 atom stereocenters. The number of carbonyl (C=O) groups is 1. The van der Waals surface area contributed by atoms with E-state index >= 15 is 0 Å². The minimum absolute atomic E-state index is 0. The van der Waals surface area contributed by atoms with E-state index in [0.717, 1.165) is 19.3 Å². The van der Waals surface area contributed by atoms with Crippen LogP contribution in [-0.2, 0) is 4.79 Å². The van der Waals surface area contributed by atoms with Gasteiger partial charge in [0.1, 0.15) is 5.75 Å². The SMILES string of the molecule is Cl.NC1CCCC(C(=O)Nc2ccc(OCC(F)(F)F)cc2)C1. The molecule has 1 fully saturated rings. The lowest BCUT2D eigenvalue weighted by molar-refractivity contribution is -0.153. The second-order valence-electron chi connectivity index (χ2n) is 5.54. The van der Waals surface area contributed by atoms with E-state index < -0.39 is 12.8 Å². The van der Waals surface area contributed by atoms with Gasteiger partial charge in [-0.3, -0.25) is 4.79 Å². The molecule has 130 valence electrons. The maximum absolute atomic E-state index is 12.1. The molecular weight excluding hydrogens is 333 g/mol. The number of rotatable bonds is 4. The van der Waals surface area contributed by atoms with Gasteiger partial charge in [-0.05, 0) is 43.5 Å². The predicted octanol–water partition coefficient (Wildman–Crippen LogP) is 3.51. The van der Waals surface area contributed by atoms with E-state index in [9.17, 15) is 18.0 Å². The third-order valence-corrected chi connectivity index (χ3v) is 3.61. The van der Waals surface area contributed by atoms with Crippen LogP contribution in [0.2, 0.25) is 0 Å². The van der Waals surface area contributed by atoms with Crippen molar-refractivity contribution in [1.29, 1.82) is 0 Å². The van der Waals surface area contributed by atoms with Crippen molar-refractivity contribution in [2.75, 3.05) is 11.9 Å². The molecule has 0 bridgehead atoms. The molecule has 23 heavy (non-hydrogen) atoms. The zero-order valence-corrected chi connectivity index (χ0v) is 13.3. The van der Waals surface area contributed by atoms with Crippen molar-refractivity contribution >= 4 is 24.0 Å². The van der Waals surface area contributed by atoms with Gasteiger partial charge in [-0.1, -0.05) is 6.42 Å². The van der Waals surface area contributed by atoms with Gasteiger partial charge in [0.05, 0.1) is 0 Å². The Morgan fingerprint density at radius 1 is 1.26 bits per heavy atom. The average Bonchev–Trinajstić information content (AvgIpc) is 2.46. The number of halogens is 4. The van der Waals surface area contributed by atoms with E-state index in [1.54, 1.807) is 0 Å². The Morgan fingerprint density at radius 2 is 1.91 bits per heavy atom. The number of nitrogens with one attached hydrogen (secondary N) is 1. The van der Waals surface area contributed by atoms with Crippen LogP contribution in [-0.4, -0.2) is 24.7 Å². The standard InChI is InChI=1S/C15H19F3N2O2.ClH/c16-15(17,18)9-22-13-6-4-12(5-7-13)20-14(21)10-2-1-3-11(19)8-10;/h4-7,10-11H,1-3,8-9,19H2,(H,20,21);1H. The van der Waals surface area contributed by atoms with E-state index in [-0.39, 0.29) is 36.0 Å². The van der Waals surface area contributed by atoms with Crippen LogP contribution in [0, 0.1) is 5.92 Å². The molecule has 0 aliphatic heterocycles. The number of hydrogen-bond acceptors (Lipinski definition) is 3. The second-order valence-corrected chi connectivity index (χ2v) is 5.54. The first-order chi connectivity index (χ1) is 10.3. The summed E-state index contributed by atoms with van der Waals surface area (Å²) in [5, 5.41) is 2.76. The normalized spacial score (nSPS) is 21.2. The third-order valence-electron chi connectivity index (χ3n) is 3.61. The number of ether oxygens (including phenoxy) is 1. The molecule has 2 unspecified atom stereocenters. The molecule has 0 radical (unpaired) electrons. The first kappa shape index (κ1) is 19.6. The van der Waals surface area contributed by atoms with Crippen LogP contribution in [0.1, 0.15) is 25.7 Å². The van der Waals surface area contributed by atoms with Crippen LogP contribution in [0.4, 0.5) is 18.9 Å². The molecule has 1 aliphatic rings. The zero-order valence-electron chi connectivity index (χ0n) is 12.4. The van der Waals surface area contributed by atoms with Crippen molar-refractivity contribution in [3.05, 3.63) is 24.3 Å². The molecule has 2 rings (SSSR count). The van der Waals surface area contributed by atoms with Crippen LogP contribution in [0.5, 0.6) is 5.75 Å². The molecule has 1 aromatic carbocycles. The molecule has 1 aliphatic carbocycles. The number of carbonyl (C=O) groups excluding carboxylic acids is 1. The van der Waals surface area contributed by atoms with Crippen molar-refractivity contribution in [2.45, 2.75) is 37.9 Å². The maximum atomic E-state index is 12.1. The number of benzene rings is 1. The number of amides is 1. The molecule has 1 aromatic rings. The number of alkyl halides is 3.